The number of hydrogen-bond acceptors (Lipinski definition) is 3. The van der Waals surface area contributed by atoms with Crippen molar-refractivity contribution < 1.29 is 4.74 Å². The molecule has 1 aliphatic carbocycles. The largest absolute Gasteiger partial charge is 0.474 e. The molecule has 0 unspecified atom stereocenters. The van der Waals surface area contributed by atoms with Crippen LogP contribution < -0.4 is 15.4 Å². The van der Waals surface area contributed by atoms with E-state index in [-0.39, 0.29) is 0 Å². The number of ether oxygens (including phenoxy) is 1. The molecule has 0 aromatic carbocycles. The summed E-state index contributed by atoms with van der Waals surface area (Å²) < 4.78 is 8.22. The molecule has 6 nitrogen and oxygen atoms in total. The molecule has 134 valence electrons. The van der Waals surface area contributed by atoms with Crippen LogP contribution in [0.3, 0.4) is 0 Å². The van der Waals surface area contributed by atoms with E-state index in [4.69, 9.17) is 4.74 Å². The van der Waals surface area contributed by atoms with Crippen molar-refractivity contribution in [3.05, 3.63) is 48.4 Å². The van der Waals surface area contributed by atoms with Crippen LogP contribution in [0.1, 0.15) is 31.2 Å². The van der Waals surface area contributed by atoms with Crippen LogP contribution >= 0.6 is 0 Å². The van der Waals surface area contributed by atoms with Gasteiger partial charge in [-0.15, -0.1) is 0 Å². The second-order valence-corrected chi connectivity index (χ2v) is 6.27. The topological polar surface area (TPSA) is 63.5 Å². The van der Waals surface area contributed by atoms with Crippen molar-refractivity contribution >= 4 is 5.96 Å². The molecular weight excluding hydrogens is 314 g/mol. The second kappa shape index (κ2) is 9.11. The highest BCUT2D eigenvalue weighted by atomic mass is 16.5. The number of nitrogens with zero attached hydrogens (tertiary/aromatic N) is 3. The van der Waals surface area contributed by atoms with E-state index in [0.717, 1.165) is 43.3 Å². The van der Waals surface area contributed by atoms with Gasteiger partial charge in [0.1, 0.15) is 6.10 Å². The third-order valence-electron chi connectivity index (χ3n) is 4.43. The van der Waals surface area contributed by atoms with Gasteiger partial charge in [0.05, 0.1) is 0 Å². The van der Waals surface area contributed by atoms with Crippen molar-refractivity contribution in [1.82, 2.24) is 20.2 Å². The van der Waals surface area contributed by atoms with Crippen molar-refractivity contribution in [2.24, 2.45) is 4.99 Å². The van der Waals surface area contributed by atoms with Gasteiger partial charge in [0.2, 0.25) is 5.88 Å². The highest BCUT2D eigenvalue weighted by molar-refractivity contribution is 5.79. The van der Waals surface area contributed by atoms with Gasteiger partial charge in [-0.25, -0.2) is 4.98 Å². The maximum Gasteiger partial charge on any atom is 0.218 e. The Labute approximate surface area is 149 Å². The molecule has 6 heteroatoms. The normalized spacial score (nSPS) is 15.3. The molecule has 0 radical (unpaired) electrons. The van der Waals surface area contributed by atoms with Crippen LogP contribution in [0.5, 0.6) is 5.88 Å². The monoisotopic (exact) mass is 341 g/mol. The predicted molar refractivity (Wildman–Crippen MR) is 99.8 cm³/mol. The average Bonchev–Trinajstić information content (AvgIpc) is 3.33. The van der Waals surface area contributed by atoms with Crippen LogP contribution in [-0.4, -0.2) is 35.2 Å². The Hall–Kier alpha value is -2.50. The Bertz CT molecular complexity index is 662. The van der Waals surface area contributed by atoms with Crippen LogP contribution in [0.2, 0.25) is 0 Å². The number of nitrogens with one attached hydrogen (secondary N) is 2. The Balaban J connectivity index is 1.49. The zero-order valence-corrected chi connectivity index (χ0v) is 14.8. The fourth-order valence-corrected chi connectivity index (χ4v) is 3.05. The highest BCUT2D eigenvalue weighted by Crippen LogP contribution is 2.24. The summed E-state index contributed by atoms with van der Waals surface area (Å²) in [6.07, 6.45) is 11.0. The maximum absolute atomic E-state index is 6.09. The van der Waals surface area contributed by atoms with E-state index in [0.29, 0.717) is 12.6 Å². The minimum absolute atomic E-state index is 0.313. The van der Waals surface area contributed by atoms with Gasteiger partial charge in [0, 0.05) is 50.8 Å². The standard InChI is InChI=1S/C19H27N5O/c1-20-19(22-11-14-24-12-4-5-13-24)23-15-16-7-6-10-21-18(16)25-17-8-2-3-9-17/h4-7,10,12-13,17H,2-3,8-9,11,14-15H2,1H3,(H2,20,22,23). The van der Waals surface area contributed by atoms with E-state index in [1.54, 1.807) is 13.2 Å². The Kier molecular flexibility index (Phi) is 6.31. The van der Waals surface area contributed by atoms with E-state index in [9.17, 15) is 0 Å². The summed E-state index contributed by atoms with van der Waals surface area (Å²) in [7, 11) is 1.78. The Morgan fingerprint density at radius 3 is 2.80 bits per heavy atom. The van der Waals surface area contributed by atoms with Gasteiger partial charge in [-0.3, -0.25) is 4.99 Å². The lowest BCUT2D eigenvalue weighted by Gasteiger charge is -2.17. The number of aromatic nitrogens is 2. The van der Waals surface area contributed by atoms with Crippen LogP contribution in [-0.2, 0) is 13.1 Å². The Morgan fingerprint density at radius 2 is 2.04 bits per heavy atom. The third kappa shape index (κ3) is 5.24. The quantitative estimate of drug-likeness (QED) is 0.600. The molecule has 1 aliphatic rings. The molecule has 0 saturated heterocycles. The molecule has 0 amide bonds. The summed E-state index contributed by atoms with van der Waals surface area (Å²) in [5.74, 6) is 1.52. The van der Waals surface area contributed by atoms with Crippen LogP contribution in [0.25, 0.3) is 0 Å². The number of guanidine groups is 1. The SMILES string of the molecule is CN=C(NCCn1cccc1)NCc1cccnc1OC1CCCC1. The van der Waals surface area contributed by atoms with Gasteiger partial charge in [0.15, 0.2) is 5.96 Å². The van der Waals surface area contributed by atoms with Crippen molar-refractivity contribution in [2.45, 2.75) is 44.9 Å². The first-order valence-corrected chi connectivity index (χ1v) is 9.01. The average molecular weight is 341 g/mol. The summed E-state index contributed by atoms with van der Waals surface area (Å²) in [5, 5.41) is 6.67. The van der Waals surface area contributed by atoms with Gasteiger partial charge in [0.25, 0.3) is 0 Å². The summed E-state index contributed by atoms with van der Waals surface area (Å²) in [6, 6.07) is 8.06. The van der Waals surface area contributed by atoms with E-state index >= 15 is 0 Å². The molecule has 0 atom stereocenters. The minimum Gasteiger partial charge on any atom is -0.474 e. The Morgan fingerprint density at radius 1 is 1.24 bits per heavy atom. The second-order valence-electron chi connectivity index (χ2n) is 6.27. The van der Waals surface area contributed by atoms with Crippen molar-refractivity contribution in [1.29, 1.82) is 0 Å². The molecule has 2 heterocycles. The lowest BCUT2D eigenvalue weighted by molar-refractivity contribution is 0.199. The van der Waals surface area contributed by atoms with Gasteiger partial charge in [-0.05, 0) is 43.9 Å². The van der Waals surface area contributed by atoms with E-state index in [1.165, 1.54) is 12.8 Å². The zero-order chi connectivity index (χ0) is 17.3. The molecule has 0 bridgehead atoms. The first-order valence-electron chi connectivity index (χ1n) is 9.01. The third-order valence-corrected chi connectivity index (χ3v) is 4.43. The van der Waals surface area contributed by atoms with Gasteiger partial charge < -0.3 is 19.9 Å². The number of pyridine rings is 1. The molecule has 0 aliphatic heterocycles. The van der Waals surface area contributed by atoms with Crippen LogP contribution in [0.4, 0.5) is 0 Å². The van der Waals surface area contributed by atoms with Gasteiger partial charge in [-0.1, -0.05) is 6.07 Å². The molecule has 1 saturated carbocycles. The number of hydrogen-bond donors (Lipinski definition) is 2. The lowest BCUT2D eigenvalue weighted by Crippen LogP contribution is -2.38. The van der Waals surface area contributed by atoms with Gasteiger partial charge in [-0.2, -0.15) is 0 Å². The van der Waals surface area contributed by atoms with Crippen LogP contribution in [0, 0.1) is 0 Å². The molecule has 2 N–H and O–H groups in total. The van der Waals surface area contributed by atoms with Crippen molar-refractivity contribution in [3.63, 3.8) is 0 Å². The minimum atomic E-state index is 0.313. The summed E-state index contributed by atoms with van der Waals surface area (Å²) >= 11 is 0. The molecule has 1 fully saturated rings. The molecule has 2 aromatic heterocycles. The van der Waals surface area contributed by atoms with E-state index in [2.05, 4.69) is 43.6 Å². The fourth-order valence-electron chi connectivity index (χ4n) is 3.05. The summed E-state index contributed by atoms with van der Waals surface area (Å²) in [5.41, 5.74) is 1.06. The molecule has 0 spiro atoms. The molecule has 25 heavy (non-hydrogen) atoms. The van der Waals surface area contributed by atoms with Crippen molar-refractivity contribution in [2.75, 3.05) is 13.6 Å². The first kappa shape index (κ1) is 17.3. The smallest absolute Gasteiger partial charge is 0.218 e. The van der Waals surface area contributed by atoms with Crippen LogP contribution in [0.15, 0.2) is 47.8 Å². The predicted octanol–water partition coefficient (Wildman–Crippen LogP) is 2.57. The van der Waals surface area contributed by atoms with E-state index in [1.807, 2.05) is 18.2 Å². The fraction of sp³-hybridized carbons (Fsp3) is 0.474. The van der Waals surface area contributed by atoms with E-state index < -0.39 is 0 Å². The lowest BCUT2D eigenvalue weighted by atomic mass is 10.2. The highest BCUT2D eigenvalue weighted by Gasteiger charge is 2.18. The maximum atomic E-state index is 6.09. The summed E-state index contributed by atoms with van der Waals surface area (Å²) in [4.78, 5) is 8.69. The zero-order valence-electron chi connectivity index (χ0n) is 14.8. The molecule has 3 rings (SSSR count). The molecule has 2 aromatic rings. The molecular formula is C19H27N5O. The summed E-state index contributed by atoms with van der Waals surface area (Å²) in [6.45, 7) is 2.35. The first-order chi connectivity index (χ1) is 12.3. The van der Waals surface area contributed by atoms with Gasteiger partial charge >= 0.3 is 0 Å². The number of rotatable bonds is 7. The van der Waals surface area contributed by atoms with Crippen molar-refractivity contribution in [3.8, 4) is 5.88 Å². The number of aliphatic imine (C=N–C) groups is 1.